The lowest BCUT2D eigenvalue weighted by atomic mass is 9.66. The fraction of sp³-hybridized carbons (Fsp3) is 0.0175. The van der Waals surface area contributed by atoms with E-state index in [0.29, 0.717) is 5.82 Å². The summed E-state index contributed by atoms with van der Waals surface area (Å²) in [7, 11) is 0. The number of fused-ring (bicyclic) bond motifs is 12. The number of ether oxygens (including phenoxy) is 1. The molecule has 0 saturated carbocycles. The summed E-state index contributed by atoms with van der Waals surface area (Å²) in [6.45, 7) is 0. The Morgan fingerprint density at radius 1 is 0.317 bits per heavy atom. The van der Waals surface area contributed by atoms with Gasteiger partial charge >= 0.3 is 0 Å². The van der Waals surface area contributed by atoms with Gasteiger partial charge in [-0.1, -0.05) is 176 Å². The van der Waals surface area contributed by atoms with Crippen LogP contribution in [0.25, 0.3) is 89.2 Å². The van der Waals surface area contributed by atoms with Crippen LogP contribution in [-0.4, -0.2) is 9.97 Å². The quantitative estimate of drug-likeness (QED) is 0.179. The van der Waals surface area contributed by atoms with Crippen molar-refractivity contribution in [2.75, 3.05) is 0 Å². The number of rotatable bonds is 4. The standard InChI is InChI=1S/C57H34N2O/c1-2-14-35(15-3-1)56-58-51(37-17-12-16-36(32-37)39-30-31-46-41-19-5-4-18-40(41)45-22-13-21-44(39)55(45)46)34-52(59-56)38-28-29-43-42-20-6-7-23-47(42)57(50(43)33-38)48-24-8-10-26-53(48)60-54-27-11-9-25-49(54)57/h1-34H. The van der Waals surface area contributed by atoms with Gasteiger partial charge in [0.15, 0.2) is 5.82 Å². The molecule has 60 heavy (non-hydrogen) atoms. The molecule has 0 amide bonds. The molecule has 1 aliphatic heterocycles. The van der Waals surface area contributed by atoms with Crippen LogP contribution in [0.4, 0.5) is 0 Å². The molecule has 13 rings (SSSR count). The lowest BCUT2D eigenvalue weighted by Crippen LogP contribution is -2.32. The Labute approximate surface area is 347 Å². The highest BCUT2D eigenvalue weighted by Gasteiger charge is 2.51. The maximum atomic E-state index is 6.61. The molecular weight excluding hydrogens is 729 g/mol. The number of hydrogen-bond acceptors (Lipinski definition) is 3. The molecule has 0 bridgehead atoms. The van der Waals surface area contributed by atoms with Gasteiger partial charge in [-0.3, -0.25) is 0 Å². The van der Waals surface area contributed by atoms with Crippen LogP contribution < -0.4 is 4.74 Å². The van der Waals surface area contributed by atoms with Crippen molar-refractivity contribution in [3.05, 3.63) is 229 Å². The molecule has 10 aromatic rings. The Morgan fingerprint density at radius 2 is 0.833 bits per heavy atom. The predicted molar refractivity (Wildman–Crippen MR) is 243 cm³/mol. The predicted octanol–water partition coefficient (Wildman–Crippen LogP) is 14.4. The van der Waals surface area contributed by atoms with Gasteiger partial charge in [0.25, 0.3) is 0 Å². The zero-order chi connectivity index (χ0) is 39.4. The average Bonchev–Trinajstić information content (AvgIpc) is 3.80. The van der Waals surface area contributed by atoms with Crippen molar-refractivity contribution >= 4 is 10.8 Å². The first-order valence-corrected chi connectivity index (χ1v) is 20.6. The summed E-state index contributed by atoms with van der Waals surface area (Å²) in [4.78, 5) is 10.6. The SMILES string of the molecule is c1ccc(-c2nc(-c3cccc(-c4ccc5c6c(cccc46)-c4ccccc4-5)c3)cc(-c3ccc4c(c3)C3(c5ccccc5Oc5ccccc53)c3ccccc3-4)n2)cc1. The lowest BCUT2D eigenvalue weighted by molar-refractivity contribution is 0.436. The van der Waals surface area contributed by atoms with Crippen molar-refractivity contribution in [2.45, 2.75) is 5.41 Å². The number of aromatic nitrogens is 2. The number of para-hydroxylation sites is 2. The smallest absolute Gasteiger partial charge is 0.160 e. The molecule has 3 aliphatic rings. The largest absolute Gasteiger partial charge is 0.457 e. The third-order valence-corrected chi connectivity index (χ3v) is 12.9. The molecule has 1 aromatic heterocycles. The summed E-state index contributed by atoms with van der Waals surface area (Å²) in [5.74, 6) is 2.45. The summed E-state index contributed by atoms with van der Waals surface area (Å²) >= 11 is 0. The van der Waals surface area contributed by atoms with Gasteiger partial charge in [-0.15, -0.1) is 0 Å². The van der Waals surface area contributed by atoms with Gasteiger partial charge in [-0.25, -0.2) is 9.97 Å². The van der Waals surface area contributed by atoms with Gasteiger partial charge in [0, 0.05) is 27.8 Å². The molecule has 0 unspecified atom stereocenters. The fourth-order valence-corrected chi connectivity index (χ4v) is 10.4. The van der Waals surface area contributed by atoms with Crippen molar-refractivity contribution in [3.8, 4) is 89.9 Å². The van der Waals surface area contributed by atoms with E-state index < -0.39 is 5.41 Å². The zero-order valence-electron chi connectivity index (χ0n) is 32.4. The molecule has 2 aliphatic carbocycles. The highest BCUT2D eigenvalue weighted by Crippen LogP contribution is 2.62. The Morgan fingerprint density at radius 3 is 1.58 bits per heavy atom. The van der Waals surface area contributed by atoms with Crippen molar-refractivity contribution in [3.63, 3.8) is 0 Å². The van der Waals surface area contributed by atoms with E-state index in [1.807, 2.05) is 6.07 Å². The Hall–Kier alpha value is -7.88. The van der Waals surface area contributed by atoms with Crippen LogP contribution in [0.15, 0.2) is 206 Å². The maximum Gasteiger partial charge on any atom is 0.160 e. The highest BCUT2D eigenvalue weighted by atomic mass is 16.5. The molecular formula is C57H34N2O. The second kappa shape index (κ2) is 12.6. The topological polar surface area (TPSA) is 35.0 Å². The van der Waals surface area contributed by atoms with E-state index in [2.05, 4.69) is 200 Å². The van der Waals surface area contributed by atoms with Crippen LogP contribution in [0.1, 0.15) is 22.3 Å². The van der Waals surface area contributed by atoms with Crippen LogP contribution in [0, 0.1) is 0 Å². The Bertz CT molecular complexity index is 3350. The summed E-state index contributed by atoms with van der Waals surface area (Å²) in [6.07, 6.45) is 0. The number of benzene rings is 9. The van der Waals surface area contributed by atoms with E-state index in [1.165, 1.54) is 60.8 Å². The average molecular weight is 763 g/mol. The van der Waals surface area contributed by atoms with E-state index in [0.717, 1.165) is 56.3 Å². The lowest BCUT2D eigenvalue weighted by Gasteiger charge is -2.39. The van der Waals surface area contributed by atoms with E-state index in [1.54, 1.807) is 0 Å². The minimum absolute atomic E-state index is 0.569. The second-order valence-corrected chi connectivity index (χ2v) is 16.0. The molecule has 0 fully saturated rings. The van der Waals surface area contributed by atoms with E-state index >= 15 is 0 Å². The minimum Gasteiger partial charge on any atom is -0.457 e. The fourth-order valence-electron chi connectivity index (χ4n) is 10.4. The second-order valence-electron chi connectivity index (χ2n) is 16.0. The normalized spacial score (nSPS) is 13.3. The van der Waals surface area contributed by atoms with E-state index in [4.69, 9.17) is 14.7 Å². The molecule has 9 aromatic carbocycles. The number of nitrogens with zero attached hydrogens (tertiary/aromatic N) is 2. The first-order chi connectivity index (χ1) is 29.7. The molecule has 3 nitrogen and oxygen atoms in total. The molecule has 278 valence electrons. The van der Waals surface area contributed by atoms with Gasteiger partial charge in [0.1, 0.15) is 11.5 Å². The van der Waals surface area contributed by atoms with Crippen LogP contribution in [0.2, 0.25) is 0 Å². The molecule has 3 heteroatoms. The van der Waals surface area contributed by atoms with Crippen molar-refractivity contribution in [1.29, 1.82) is 0 Å². The highest BCUT2D eigenvalue weighted by molar-refractivity contribution is 6.18. The first-order valence-electron chi connectivity index (χ1n) is 20.6. The summed E-state index contributed by atoms with van der Waals surface area (Å²) in [5, 5.41) is 2.58. The molecule has 0 radical (unpaired) electrons. The number of hydrogen-bond donors (Lipinski definition) is 0. The van der Waals surface area contributed by atoms with Gasteiger partial charge in [0.2, 0.25) is 0 Å². The summed E-state index contributed by atoms with van der Waals surface area (Å²) in [5.41, 5.74) is 19.0. The maximum absolute atomic E-state index is 6.61. The third kappa shape index (κ3) is 4.60. The van der Waals surface area contributed by atoms with Crippen LogP contribution in [-0.2, 0) is 5.41 Å². The molecule has 0 N–H and O–H groups in total. The summed E-state index contributed by atoms with van der Waals surface area (Å²) < 4.78 is 6.61. The van der Waals surface area contributed by atoms with Gasteiger partial charge in [-0.2, -0.15) is 0 Å². The minimum atomic E-state index is -0.569. The van der Waals surface area contributed by atoms with E-state index in [9.17, 15) is 0 Å². The van der Waals surface area contributed by atoms with Crippen LogP contribution in [0.3, 0.4) is 0 Å². The van der Waals surface area contributed by atoms with Crippen molar-refractivity contribution < 1.29 is 4.74 Å². The summed E-state index contributed by atoms with van der Waals surface area (Å²) in [6, 6.07) is 74.1. The monoisotopic (exact) mass is 762 g/mol. The molecule has 2 heterocycles. The third-order valence-electron chi connectivity index (χ3n) is 12.9. The zero-order valence-corrected chi connectivity index (χ0v) is 32.4. The van der Waals surface area contributed by atoms with Gasteiger partial charge in [-0.05, 0) is 96.7 Å². The van der Waals surface area contributed by atoms with Crippen LogP contribution >= 0.6 is 0 Å². The first kappa shape index (κ1) is 33.1. The van der Waals surface area contributed by atoms with Crippen molar-refractivity contribution in [2.24, 2.45) is 0 Å². The van der Waals surface area contributed by atoms with Gasteiger partial charge < -0.3 is 4.74 Å². The molecule has 1 spiro atoms. The Kier molecular flexibility index (Phi) is 6.93. The van der Waals surface area contributed by atoms with Crippen molar-refractivity contribution in [1.82, 2.24) is 9.97 Å². The van der Waals surface area contributed by atoms with Gasteiger partial charge in [0.05, 0.1) is 16.8 Å². The molecule has 0 atom stereocenters. The molecule has 0 saturated heterocycles. The van der Waals surface area contributed by atoms with E-state index in [-0.39, 0.29) is 0 Å². The van der Waals surface area contributed by atoms with Crippen LogP contribution in [0.5, 0.6) is 11.5 Å². The Balaban J connectivity index is 1.00.